The van der Waals surface area contributed by atoms with Gasteiger partial charge in [0.2, 0.25) is 6.08 Å². The van der Waals surface area contributed by atoms with Crippen LogP contribution in [-0.4, -0.2) is 53.9 Å². The highest BCUT2D eigenvalue weighted by atomic mass is 32.2. The molecule has 0 rings (SSSR count). The molecule has 0 aromatic carbocycles. The zero-order valence-corrected chi connectivity index (χ0v) is 12.5. The Balaban J connectivity index is 3.77. The number of amides is 1. The van der Waals surface area contributed by atoms with Gasteiger partial charge in [0.05, 0.1) is 0 Å². The van der Waals surface area contributed by atoms with Gasteiger partial charge in [-0.3, -0.25) is 4.79 Å². The van der Waals surface area contributed by atoms with Crippen molar-refractivity contribution in [3.8, 4) is 0 Å². The highest BCUT2D eigenvalue weighted by Gasteiger charge is 2.36. The fourth-order valence-corrected chi connectivity index (χ4v) is 3.82. The molecule has 18 heavy (non-hydrogen) atoms. The fraction of sp³-hybridized carbons (Fsp3) is 0.778. The van der Waals surface area contributed by atoms with E-state index in [-0.39, 0.29) is 11.9 Å². The summed E-state index contributed by atoms with van der Waals surface area (Å²) >= 11 is 1.11. The number of nitrogens with zero attached hydrogens (tertiary/aromatic N) is 1. The van der Waals surface area contributed by atoms with E-state index in [1.807, 2.05) is 0 Å². The summed E-state index contributed by atoms with van der Waals surface area (Å²) in [5, 5.41) is 2.21. The molecule has 1 N–H and O–H groups in total. The third-order valence-corrected chi connectivity index (χ3v) is 5.89. The Hall–Kier alpha value is -0.703. The zero-order valence-electron chi connectivity index (χ0n) is 10.7. The van der Waals surface area contributed by atoms with Crippen LogP contribution in [0.1, 0.15) is 6.42 Å². The van der Waals surface area contributed by atoms with Crippen molar-refractivity contribution in [1.29, 1.82) is 0 Å². The van der Waals surface area contributed by atoms with Crippen molar-refractivity contribution in [1.82, 2.24) is 5.32 Å². The van der Waals surface area contributed by atoms with Crippen molar-refractivity contribution in [2.45, 2.75) is 12.5 Å². The first kappa shape index (κ1) is 17.3. The SMILES string of the molecule is CO[Si](CCCSC(=O)NCN=C=O)(OC)OC. The van der Waals surface area contributed by atoms with Crippen LogP contribution in [0.4, 0.5) is 4.79 Å². The molecule has 0 unspecified atom stereocenters. The van der Waals surface area contributed by atoms with Crippen molar-refractivity contribution < 1.29 is 22.9 Å². The summed E-state index contributed by atoms with van der Waals surface area (Å²) < 4.78 is 15.7. The Morgan fingerprint density at radius 1 is 1.33 bits per heavy atom. The van der Waals surface area contributed by atoms with E-state index in [9.17, 15) is 9.59 Å². The second-order valence-corrected chi connectivity index (χ2v) is 7.28. The molecule has 0 saturated heterocycles. The van der Waals surface area contributed by atoms with Crippen molar-refractivity contribution in [3.05, 3.63) is 0 Å². The lowest BCUT2D eigenvalue weighted by molar-refractivity contribution is 0.123. The van der Waals surface area contributed by atoms with E-state index in [1.54, 1.807) is 21.3 Å². The van der Waals surface area contributed by atoms with Gasteiger partial charge in [-0.15, -0.1) is 0 Å². The molecule has 0 spiro atoms. The molecule has 0 aliphatic heterocycles. The predicted octanol–water partition coefficient (Wildman–Crippen LogP) is 0.991. The minimum atomic E-state index is -2.54. The van der Waals surface area contributed by atoms with Gasteiger partial charge in [0.1, 0.15) is 6.67 Å². The average molecular weight is 294 g/mol. The van der Waals surface area contributed by atoms with Crippen molar-refractivity contribution in [2.24, 2.45) is 4.99 Å². The summed E-state index contributed by atoms with van der Waals surface area (Å²) in [6.45, 7) is -0.0395. The fourth-order valence-electron chi connectivity index (χ4n) is 1.20. The molecular formula is C9H18N2O5SSi. The van der Waals surface area contributed by atoms with Gasteiger partial charge in [-0.1, -0.05) is 11.8 Å². The van der Waals surface area contributed by atoms with Crippen LogP contribution < -0.4 is 5.32 Å². The van der Waals surface area contributed by atoms with E-state index in [0.717, 1.165) is 18.2 Å². The topological polar surface area (TPSA) is 86.2 Å². The highest BCUT2D eigenvalue weighted by molar-refractivity contribution is 8.13. The molecule has 0 heterocycles. The monoisotopic (exact) mass is 294 g/mol. The number of isocyanates is 1. The number of rotatable bonds is 9. The molecule has 0 fully saturated rings. The third-order valence-electron chi connectivity index (χ3n) is 2.16. The van der Waals surface area contributed by atoms with Crippen molar-refractivity contribution in [3.63, 3.8) is 0 Å². The molecule has 7 nitrogen and oxygen atoms in total. The molecule has 0 aromatic heterocycles. The largest absolute Gasteiger partial charge is 0.500 e. The summed E-state index contributed by atoms with van der Waals surface area (Å²) in [6, 6.07) is 0.642. The number of carbonyl (C=O) groups is 1. The van der Waals surface area contributed by atoms with Crippen LogP contribution in [0.5, 0.6) is 0 Å². The molecule has 0 aliphatic carbocycles. The first-order chi connectivity index (χ1) is 8.64. The summed E-state index contributed by atoms with van der Waals surface area (Å²) in [7, 11) is 2.12. The van der Waals surface area contributed by atoms with Gasteiger partial charge in [0.25, 0.3) is 5.24 Å². The zero-order chi connectivity index (χ0) is 13.9. The number of carbonyl (C=O) groups excluding carboxylic acids is 2. The van der Waals surface area contributed by atoms with Crippen LogP contribution in [0, 0.1) is 0 Å². The van der Waals surface area contributed by atoms with E-state index < -0.39 is 8.80 Å². The van der Waals surface area contributed by atoms with Crippen molar-refractivity contribution in [2.75, 3.05) is 33.8 Å². The van der Waals surface area contributed by atoms with Crippen LogP contribution in [-0.2, 0) is 18.1 Å². The molecule has 1 amide bonds. The predicted molar refractivity (Wildman–Crippen MR) is 70.2 cm³/mol. The molecule has 0 aromatic rings. The Kier molecular flexibility index (Phi) is 9.84. The first-order valence-corrected chi connectivity index (χ1v) is 8.15. The molecule has 0 bridgehead atoms. The first-order valence-electron chi connectivity index (χ1n) is 5.24. The van der Waals surface area contributed by atoms with E-state index >= 15 is 0 Å². The van der Waals surface area contributed by atoms with E-state index in [2.05, 4.69) is 10.3 Å². The lowest BCUT2D eigenvalue weighted by Gasteiger charge is -2.23. The maximum absolute atomic E-state index is 11.2. The summed E-state index contributed by atoms with van der Waals surface area (Å²) in [4.78, 5) is 24.2. The number of hydrogen-bond donors (Lipinski definition) is 1. The quantitative estimate of drug-likeness (QED) is 0.295. The summed E-state index contributed by atoms with van der Waals surface area (Å²) in [5.41, 5.74) is 0. The second-order valence-electron chi connectivity index (χ2n) is 3.12. The summed E-state index contributed by atoms with van der Waals surface area (Å²) in [6.07, 6.45) is 2.07. The van der Waals surface area contributed by atoms with Crippen LogP contribution in [0.2, 0.25) is 6.04 Å². The van der Waals surface area contributed by atoms with Gasteiger partial charge in [0, 0.05) is 33.1 Å². The summed E-state index contributed by atoms with van der Waals surface area (Å²) in [5.74, 6) is 0.613. The van der Waals surface area contributed by atoms with Crippen LogP contribution in [0.25, 0.3) is 0 Å². The Morgan fingerprint density at radius 3 is 2.44 bits per heavy atom. The van der Waals surface area contributed by atoms with Gasteiger partial charge < -0.3 is 18.6 Å². The number of aliphatic imine (C=N–C) groups is 1. The lowest BCUT2D eigenvalue weighted by atomic mass is 10.6. The normalized spacial score (nSPS) is 10.8. The molecular weight excluding hydrogens is 276 g/mol. The Labute approximate surface area is 112 Å². The van der Waals surface area contributed by atoms with E-state index in [0.29, 0.717) is 11.8 Å². The maximum Gasteiger partial charge on any atom is 0.500 e. The van der Waals surface area contributed by atoms with Gasteiger partial charge in [0.15, 0.2) is 0 Å². The number of nitrogens with one attached hydrogen (secondary N) is 1. The third kappa shape index (κ3) is 6.89. The number of thioether (sulfide) groups is 1. The van der Waals surface area contributed by atoms with Crippen LogP contribution in [0.3, 0.4) is 0 Å². The van der Waals surface area contributed by atoms with Crippen molar-refractivity contribution >= 4 is 31.9 Å². The van der Waals surface area contributed by atoms with Crippen LogP contribution in [0.15, 0.2) is 4.99 Å². The average Bonchev–Trinajstić information content (AvgIpc) is 2.40. The van der Waals surface area contributed by atoms with Gasteiger partial charge in [-0.05, 0) is 6.42 Å². The minimum absolute atomic E-state index is 0.0395. The van der Waals surface area contributed by atoms with Gasteiger partial charge in [-0.2, -0.15) is 4.99 Å². The maximum atomic E-state index is 11.2. The highest BCUT2D eigenvalue weighted by Crippen LogP contribution is 2.17. The van der Waals surface area contributed by atoms with Crippen LogP contribution >= 0.6 is 11.8 Å². The molecule has 0 radical (unpaired) electrons. The lowest BCUT2D eigenvalue weighted by Crippen LogP contribution is -2.42. The van der Waals surface area contributed by atoms with Gasteiger partial charge >= 0.3 is 8.80 Å². The standard InChI is InChI=1S/C9H18N2O5SSi/c1-14-18(15-2,16-3)6-4-5-17-9(13)11-7-10-8-12/h4-7H2,1-3H3,(H,11,13). The minimum Gasteiger partial charge on any atom is -0.377 e. The smallest absolute Gasteiger partial charge is 0.377 e. The second kappa shape index (κ2) is 10.2. The number of hydrogen-bond acceptors (Lipinski definition) is 7. The molecule has 0 atom stereocenters. The molecule has 104 valence electrons. The Bertz CT molecular complexity index is 286. The molecule has 0 aliphatic rings. The van der Waals surface area contributed by atoms with E-state index in [4.69, 9.17) is 13.3 Å². The molecule has 9 heteroatoms. The molecule has 0 saturated carbocycles. The van der Waals surface area contributed by atoms with Gasteiger partial charge in [-0.25, -0.2) is 4.79 Å². The Morgan fingerprint density at radius 2 is 1.94 bits per heavy atom. The van der Waals surface area contributed by atoms with E-state index in [1.165, 1.54) is 6.08 Å².